The normalized spacial score (nSPS) is 17.4. The molecule has 3 aromatic rings. The van der Waals surface area contributed by atoms with Crippen molar-refractivity contribution in [2.24, 2.45) is 0 Å². The van der Waals surface area contributed by atoms with Gasteiger partial charge < -0.3 is 19.3 Å². The minimum Gasteiger partial charge on any atom is -0.490 e. The fraction of sp³-hybridized carbons (Fsp3) is 0.310. The molecule has 0 unspecified atom stereocenters. The maximum absolute atomic E-state index is 13.8. The van der Waals surface area contributed by atoms with E-state index in [9.17, 15) is 14.0 Å². The number of carbonyl (C=O) groups is 2. The first-order valence-corrected chi connectivity index (χ1v) is 12.5. The number of amides is 2. The molecule has 1 aliphatic heterocycles. The number of benzene rings is 3. The molecule has 1 atom stereocenters. The van der Waals surface area contributed by atoms with Crippen molar-refractivity contribution in [3.63, 3.8) is 0 Å². The van der Waals surface area contributed by atoms with Gasteiger partial charge in [0.25, 0.3) is 5.91 Å². The van der Waals surface area contributed by atoms with E-state index >= 15 is 0 Å². The Morgan fingerprint density at radius 2 is 1.89 bits per heavy atom. The van der Waals surface area contributed by atoms with E-state index < -0.39 is 11.4 Å². The first kappa shape index (κ1) is 26.6. The summed E-state index contributed by atoms with van der Waals surface area (Å²) in [7, 11) is 1.74. The molecule has 0 aliphatic carbocycles. The van der Waals surface area contributed by atoms with Crippen LogP contribution in [0, 0.1) is 12.7 Å². The number of hydrogen-bond donors (Lipinski definition) is 0. The van der Waals surface area contributed by atoms with Crippen molar-refractivity contribution in [3.8, 4) is 5.75 Å². The van der Waals surface area contributed by atoms with Crippen LogP contribution in [-0.4, -0.2) is 60.6 Å². The number of halogens is 2. The van der Waals surface area contributed by atoms with Crippen LogP contribution >= 0.6 is 11.6 Å². The van der Waals surface area contributed by atoms with Gasteiger partial charge in [0.05, 0.1) is 19.6 Å². The lowest BCUT2D eigenvalue weighted by molar-refractivity contribution is -0.152. The fourth-order valence-corrected chi connectivity index (χ4v) is 4.46. The Bertz CT molecular complexity index is 1260. The van der Waals surface area contributed by atoms with E-state index in [1.54, 1.807) is 35.0 Å². The summed E-state index contributed by atoms with van der Waals surface area (Å²) in [4.78, 5) is 29.8. The quantitative estimate of drug-likeness (QED) is 0.410. The molecule has 2 amide bonds. The maximum atomic E-state index is 13.8. The third kappa shape index (κ3) is 6.87. The van der Waals surface area contributed by atoms with Crippen molar-refractivity contribution in [1.82, 2.24) is 9.80 Å². The lowest BCUT2D eigenvalue weighted by Gasteiger charge is -2.42. The first-order valence-electron chi connectivity index (χ1n) is 12.1. The molecule has 8 heteroatoms. The topological polar surface area (TPSA) is 59.1 Å². The molecule has 0 bridgehead atoms. The molecule has 1 saturated heterocycles. The summed E-state index contributed by atoms with van der Waals surface area (Å²) in [5.41, 5.74) is 1.03. The predicted octanol–water partition coefficient (Wildman–Crippen LogP) is 5.13. The highest BCUT2D eigenvalue weighted by atomic mass is 35.5. The van der Waals surface area contributed by atoms with Gasteiger partial charge in [-0.2, -0.15) is 0 Å². The zero-order valence-electron chi connectivity index (χ0n) is 21.0. The molecule has 4 rings (SSSR count). The van der Waals surface area contributed by atoms with Crippen LogP contribution in [0.5, 0.6) is 5.75 Å². The minimum absolute atomic E-state index is 0.00976. The Hall–Kier alpha value is -3.42. The highest BCUT2D eigenvalue weighted by Gasteiger charge is 2.42. The molecule has 6 nitrogen and oxygen atoms in total. The van der Waals surface area contributed by atoms with E-state index in [4.69, 9.17) is 21.1 Å². The molecule has 1 aliphatic rings. The van der Waals surface area contributed by atoms with Gasteiger partial charge in [-0.05, 0) is 54.4 Å². The van der Waals surface area contributed by atoms with E-state index in [1.165, 1.54) is 18.2 Å². The number of nitrogens with zero attached hydrogens (tertiary/aromatic N) is 2. The molecule has 0 N–H and O–H groups in total. The Morgan fingerprint density at radius 1 is 1.11 bits per heavy atom. The van der Waals surface area contributed by atoms with E-state index in [0.717, 1.165) is 11.1 Å². The summed E-state index contributed by atoms with van der Waals surface area (Å²) < 4.78 is 26.1. The summed E-state index contributed by atoms with van der Waals surface area (Å²) in [5.74, 6) is -0.354. The largest absolute Gasteiger partial charge is 0.490 e. The van der Waals surface area contributed by atoms with E-state index in [1.807, 2.05) is 43.3 Å². The van der Waals surface area contributed by atoms with Crippen molar-refractivity contribution in [2.75, 3.05) is 33.4 Å². The number of aryl methyl sites for hydroxylation is 1. The summed E-state index contributed by atoms with van der Waals surface area (Å²) in [6.45, 7) is 3.04. The predicted molar refractivity (Wildman–Crippen MR) is 140 cm³/mol. The maximum Gasteiger partial charge on any atom is 0.254 e. The Balaban J connectivity index is 1.54. The van der Waals surface area contributed by atoms with Crippen LogP contribution in [0.25, 0.3) is 0 Å². The van der Waals surface area contributed by atoms with E-state index in [-0.39, 0.29) is 43.6 Å². The zero-order valence-corrected chi connectivity index (χ0v) is 21.7. The van der Waals surface area contributed by atoms with Crippen LogP contribution in [0.2, 0.25) is 5.02 Å². The Kier molecular flexibility index (Phi) is 8.46. The molecule has 0 spiro atoms. The second-order valence-electron chi connectivity index (χ2n) is 9.38. The monoisotopic (exact) mass is 524 g/mol. The van der Waals surface area contributed by atoms with Crippen LogP contribution in [0.4, 0.5) is 4.39 Å². The summed E-state index contributed by atoms with van der Waals surface area (Å²) in [6.07, 6.45) is 0.00976. The van der Waals surface area contributed by atoms with Crippen molar-refractivity contribution >= 4 is 23.4 Å². The summed E-state index contributed by atoms with van der Waals surface area (Å²) in [5, 5.41) is 0.626. The van der Waals surface area contributed by atoms with Crippen LogP contribution < -0.4 is 4.74 Å². The van der Waals surface area contributed by atoms with Gasteiger partial charge in [0.2, 0.25) is 5.91 Å². The molecule has 1 heterocycles. The third-order valence-electron chi connectivity index (χ3n) is 6.40. The van der Waals surface area contributed by atoms with Gasteiger partial charge in [0.15, 0.2) is 0 Å². The van der Waals surface area contributed by atoms with Gasteiger partial charge in [0, 0.05) is 30.7 Å². The van der Waals surface area contributed by atoms with Crippen molar-refractivity contribution in [3.05, 3.63) is 100 Å². The average molecular weight is 525 g/mol. The average Bonchev–Trinajstić information content (AvgIpc) is 2.89. The van der Waals surface area contributed by atoms with Gasteiger partial charge in [-0.1, -0.05) is 48.0 Å². The van der Waals surface area contributed by atoms with Crippen LogP contribution in [0.3, 0.4) is 0 Å². The van der Waals surface area contributed by atoms with Gasteiger partial charge in [-0.3, -0.25) is 9.59 Å². The van der Waals surface area contributed by atoms with Crippen molar-refractivity contribution < 1.29 is 23.5 Å². The standard InChI is InChI=1S/C29H30ClFN2O4/c1-21-15-25(11-12-26(21)30)36-20-29(17-27(34)32(2)18-22-7-4-3-5-8-22)19-33(13-14-37-29)28(35)23-9-6-10-24(31)16-23/h3-12,15-16H,13-14,17-20H2,1-2H3/t29-/m0/s1. The number of hydrogen-bond acceptors (Lipinski definition) is 4. The third-order valence-corrected chi connectivity index (χ3v) is 6.82. The number of morpholine rings is 1. The van der Waals surface area contributed by atoms with Gasteiger partial charge in [-0.25, -0.2) is 4.39 Å². The highest BCUT2D eigenvalue weighted by Crippen LogP contribution is 2.28. The lowest BCUT2D eigenvalue weighted by Crippen LogP contribution is -2.58. The molecular weight excluding hydrogens is 495 g/mol. The molecule has 0 saturated carbocycles. The number of carbonyl (C=O) groups excluding carboxylic acids is 2. The second kappa shape index (κ2) is 11.8. The molecule has 3 aromatic carbocycles. The Morgan fingerprint density at radius 3 is 2.62 bits per heavy atom. The molecule has 0 radical (unpaired) electrons. The van der Waals surface area contributed by atoms with Gasteiger partial charge >= 0.3 is 0 Å². The van der Waals surface area contributed by atoms with Crippen LogP contribution in [0.1, 0.15) is 27.9 Å². The van der Waals surface area contributed by atoms with E-state index in [0.29, 0.717) is 23.9 Å². The number of ether oxygens (including phenoxy) is 2. The minimum atomic E-state index is -1.09. The molecule has 0 aromatic heterocycles. The van der Waals surface area contributed by atoms with E-state index in [2.05, 4.69) is 0 Å². The van der Waals surface area contributed by atoms with Gasteiger partial charge in [0.1, 0.15) is 23.8 Å². The molecule has 194 valence electrons. The summed E-state index contributed by atoms with van der Waals surface area (Å²) >= 11 is 6.15. The highest BCUT2D eigenvalue weighted by molar-refractivity contribution is 6.31. The zero-order chi connectivity index (χ0) is 26.4. The molecular formula is C29H30ClFN2O4. The molecule has 1 fully saturated rings. The smallest absolute Gasteiger partial charge is 0.254 e. The van der Waals surface area contributed by atoms with Crippen molar-refractivity contribution in [1.29, 1.82) is 0 Å². The summed E-state index contributed by atoms with van der Waals surface area (Å²) in [6, 6.07) is 20.6. The van der Waals surface area contributed by atoms with Crippen molar-refractivity contribution in [2.45, 2.75) is 25.5 Å². The van der Waals surface area contributed by atoms with Crippen LogP contribution in [0.15, 0.2) is 72.8 Å². The molecule has 37 heavy (non-hydrogen) atoms. The number of rotatable bonds is 8. The van der Waals surface area contributed by atoms with Gasteiger partial charge in [-0.15, -0.1) is 0 Å². The lowest BCUT2D eigenvalue weighted by atomic mass is 9.96. The first-order chi connectivity index (χ1) is 17.7. The Labute approximate surface area is 221 Å². The SMILES string of the molecule is Cc1cc(OC[C@]2(CC(=O)N(C)Cc3ccccc3)CN(C(=O)c3cccc(F)c3)CCO2)ccc1Cl. The second-order valence-corrected chi connectivity index (χ2v) is 9.79. The van der Waals surface area contributed by atoms with Crippen LogP contribution in [-0.2, 0) is 16.1 Å². The fourth-order valence-electron chi connectivity index (χ4n) is 4.35.